The van der Waals surface area contributed by atoms with Crippen LogP contribution in [0.2, 0.25) is 0 Å². The van der Waals surface area contributed by atoms with Crippen LogP contribution in [0, 0.1) is 0 Å². The van der Waals surface area contributed by atoms with Gasteiger partial charge in [-0.25, -0.2) is 19.9 Å². The van der Waals surface area contributed by atoms with E-state index in [1.54, 1.807) is 0 Å². The summed E-state index contributed by atoms with van der Waals surface area (Å²) in [7, 11) is 0. The minimum Gasteiger partial charge on any atom is -0.309 e. The molecule has 8 nitrogen and oxygen atoms in total. The highest BCUT2D eigenvalue weighted by Crippen LogP contribution is 2.57. The highest BCUT2D eigenvalue weighted by Gasteiger charge is 2.41. The molecule has 6 heterocycles. The van der Waals surface area contributed by atoms with E-state index in [-0.39, 0.29) is 11.8 Å². The average molecular weight is 1050 g/mol. The Bertz CT molecular complexity index is 4620. The Morgan fingerprint density at radius 2 is 0.610 bits per heavy atom. The second-order valence-electron chi connectivity index (χ2n) is 21.4. The van der Waals surface area contributed by atoms with Crippen LogP contribution in [0.15, 0.2) is 267 Å². The maximum atomic E-state index is 5.33. The van der Waals surface area contributed by atoms with Crippen molar-refractivity contribution in [1.82, 2.24) is 39.0 Å². The quantitative estimate of drug-likeness (QED) is 0.151. The summed E-state index contributed by atoms with van der Waals surface area (Å²) < 4.78 is 4.63. The summed E-state index contributed by atoms with van der Waals surface area (Å²) >= 11 is 0. The molecule has 0 saturated carbocycles. The third-order valence-corrected chi connectivity index (χ3v) is 16.9. The van der Waals surface area contributed by atoms with Crippen LogP contribution in [0.4, 0.5) is 0 Å². The fourth-order valence-corrected chi connectivity index (χ4v) is 13.2. The summed E-state index contributed by atoms with van der Waals surface area (Å²) in [5, 5.41) is 4.63. The maximum Gasteiger partial charge on any atom is 0.160 e. The number of fused-ring (bicyclic) bond motifs is 6. The first-order valence-corrected chi connectivity index (χ1v) is 27.8. The molecule has 0 amide bonds. The minimum absolute atomic E-state index is 0.0319. The fourth-order valence-electron chi connectivity index (χ4n) is 13.2. The third-order valence-electron chi connectivity index (χ3n) is 16.9. The van der Waals surface area contributed by atoms with Gasteiger partial charge < -0.3 is 9.13 Å². The van der Waals surface area contributed by atoms with Gasteiger partial charge in [-0.3, -0.25) is 9.97 Å². The van der Waals surface area contributed by atoms with Crippen molar-refractivity contribution in [3.05, 3.63) is 301 Å². The summed E-state index contributed by atoms with van der Waals surface area (Å²) in [6.45, 7) is 0. The number of hydrogen-bond donors (Lipinski definition) is 0. The monoisotopic (exact) mass is 1050 g/mol. The smallest absolute Gasteiger partial charge is 0.160 e. The Labute approximate surface area is 472 Å². The number of hydrogen-bond acceptors (Lipinski definition) is 6. The van der Waals surface area contributed by atoms with E-state index < -0.39 is 0 Å². The Hall–Kier alpha value is -11.0. The van der Waals surface area contributed by atoms with E-state index in [4.69, 9.17) is 19.9 Å². The number of pyridine rings is 2. The third kappa shape index (κ3) is 7.24. The lowest BCUT2D eigenvalue weighted by Crippen LogP contribution is -2.27. The van der Waals surface area contributed by atoms with Gasteiger partial charge in [-0.2, -0.15) is 0 Å². The zero-order valence-corrected chi connectivity index (χ0v) is 44.1. The molecule has 0 fully saturated rings. The van der Waals surface area contributed by atoms with Crippen molar-refractivity contribution in [3.8, 4) is 79.2 Å². The molecule has 3 aliphatic carbocycles. The topological polar surface area (TPSA) is 87.2 Å². The molecule has 0 saturated heterocycles. The fraction of sp³-hybridized carbons (Fsp3) is 0.0270. The van der Waals surface area contributed by atoms with Gasteiger partial charge in [0.15, 0.2) is 11.6 Å². The Balaban J connectivity index is 0.750. The molecular formula is C74H46N8. The Morgan fingerprint density at radius 3 is 1.05 bits per heavy atom. The minimum atomic E-state index is 0.0319. The van der Waals surface area contributed by atoms with Crippen molar-refractivity contribution in [2.24, 2.45) is 0 Å². The Kier molecular flexibility index (Phi) is 10.3. The summed E-state index contributed by atoms with van der Waals surface area (Å²) in [5.41, 5.74) is 24.2. The van der Waals surface area contributed by atoms with Crippen LogP contribution < -0.4 is 0 Å². The molecule has 9 aromatic carbocycles. The summed E-state index contributed by atoms with van der Waals surface area (Å²) in [5.74, 6) is 1.44. The first-order chi connectivity index (χ1) is 40.6. The van der Waals surface area contributed by atoms with Gasteiger partial charge in [0.25, 0.3) is 0 Å². The highest BCUT2D eigenvalue weighted by molar-refractivity contribution is 6.10. The van der Waals surface area contributed by atoms with Crippen molar-refractivity contribution in [2.75, 3.05) is 0 Å². The van der Waals surface area contributed by atoms with Crippen molar-refractivity contribution in [2.45, 2.75) is 11.8 Å². The number of para-hydroxylation sites is 2. The van der Waals surface area contributed by atoms with Gasteiger partial charge in [-0.05, 0) is 106 Å². The first kappa shape index (κ1) is 46.0. The largest absolute Gasteiger partial charge is 0.309 e. The van der Waals surface area contributed by atoms with Gasteiger partial charge in [-0.15, -0.1) is 0 Å². The number of aromatic nitrogens is 8. The van der Waals surface area contributed by atoms with Crippen molar-refractivity contribution in [3.63, 3.8) is 0 Å². The number of nitrogens with zero attached hydrogens (tertiary/aromatic N) is 8. The summed E-state index contributed by atoms with van der Waals surface area (Å²) in [4.78, 5) is 30.1. The molecule has 18 rings (SSSR count). The van der Waals surface area contributed by atoms with E-state index in [0.717, 1.165) is 100 Å². The molecule has 0 radical (unpaired) electrons. The zero-order chi connectivity index (χ0) is 53.8. The van der Waals surface area contributed by atoms with Crippen LogP contribution in [-0.4, -0.2) is 39.0 Å². The molecule has 0 spiro atoms. The van der Waals surface area contributed by atoms with E-state index in [9.17, 15) is 0 Å². The predicted octanol–water partition coefficient (Wildman–Crippen LogP) is 17.2. The van der Waals surface area contributed by atoms with Gasteiger partial charge in [0.2, 0.25) is 0 Å². The van der Waals surface area contributed by atoms with Crippen molar-refractivity contribution in [1.29, 1.82) is 0 Å². The van der Waals surface area contributed by atoms with Gasteiger partial charge in [0.05, 0.1) is 44.8 Å². The molecule has 382 valence electrons. The molecule has 0 N–H and O–H groups in total. The van der Waals surface area contributed by atoms with Gasteiger partial charge in [-0.1, -0.05) is 170 Å². The van der Waals surface area contributed by atoms with Gasteiger partial charge in [0.1, 0.15) is 0 Å². The molecule has 3 aliphatic rings. The molecule has 0 aliphatic heterocycles. The molecule has 2 bridgehead atoms. The molecule has 6 aromatic heterocycles. The average Bonchev–Trinajstić information content (AvgIpc) is 2.30. The van der Waals surface area contributed by atoms with E-state index in [1.807, 2.05) is 61.2 Å². The summed E-state index contributed by atoms with van der Waals surface area (Å²) in [6.07, 6.45) is 7.65. The molecule has 2 unspecified atom stereocenters. The van der Waals surface area contributed by atoms with E-state index >= 15 is 0 Å². The molecule has 82 heavy (non-hydrogen) atoms. The SMILES string of the molecule is c1ccc(-c2nc(-c3ccc(-n4c5ccccc5c5cnccc54)cc3)cc(-c3ccc4c(c3)C3c5ccccc5C4c4cc(-c5cc(-c6ccc(-n7c8ccccc8c8cnccc87)cc6)nc(-c6ccccc6)n5)ccc43)n2)cc1. The van der Waals surface area contributed by atoms with Crippen LogP contribution in [0.3, 0.4) is 0 Å². The second-order valence-corrected chi connectivity index (χ2v) is 21.4. The molecular weight excluding hydrogens is 1000 g/mol. The lowest BCUT2D eigenvalue weighted by atomic mass is 9.60. The normalized spacial score (nSPS) is 14.1. The summed E-state index contributed by atoms with van der Waals surface area (Å²) in [6, 6.07) is 86.7. The zero-order valence-electron chi connectivity index (χ0n) is 44.1. The second kappa shape index (κ2) is 18.3. The lowest BCUT2D eigenvalue weighted by Gasteiger charge is -2.42. The lowest BCUT2D eigenvalue weighted by molar-refractivity contribution is 0.755. The van der Waals surface area contributed by atoms with E-state index in [2.05, 4.69) is 225 Å². The number of benzene rings is 9. The van der Waals surface area contributed by atoms with Crippen LogP contribution >= 0.6 is 0 Å². The molecule has 2 atom stereocenters. The van der Waals surface area contributed by atoms with Crippen LogP contribution in [0.5, 0.6) is 0 Å². The van der Waals surface area contributed by atoms with Crippen LogP contribution in [0.1, 0.15) is 45.2 Å². The van der Waals surface area contributed by atoms with E-state index in [1.165, 1.54) is 44.2 Å². The molecule has 8 heteroatoms. The molecule has 15 aromatic rings. The van der Waals surface area contributed by atoms with Gasteiger partial charge in [0, 0.05) is 103 Å². The van der Waals surface area contributed by atoms with Crippen LogP contribution in [-0.2, 0) is 0 Å². The number of rotatable bonds is 8. The van der Waals surface area contributed by atoms with Gasteiger partial charge >= 0.3 is 0 Å². The standard InChI is InChI=1S/C74H46N8/c1-3-13-47(14-4-1)73-77-63(45-23-29-51(30-24-45)81-67-21-11-9-17-53(67)61-43-75-37-35-69(61)81)41-65(79-73)49-27-33-57-59(39-49)71-55-19-7-8-20-56(55)72(57)60-40-50(28-34-58(60)71)66-42-64(78-74(80-66)48-15-5-2-6-16-48)46-25-31-52(32-26-46)82-68-22-12-10-18-54(68)62-44-76-38-36-70(62)82/h1-44,71-72H. The first-order valence-electron chi connectivity index (χ1n) is 27.8. The van der Waals surface area contributed by atoms with Crippen LogP contribution in [0.25, 0.3) is 123 Å². The van der Waals surface area contributed by atoms with Crippen molar-refractivity contribution < 1.29 is 0 Å². The van der Waals surface area contributed by atoms with Crippen molar-refractivity contribution >= 4 is 43.6 Å². The van der Waals surface area contributed by atoms with E-state index in [0.29, 0.717) is 11.6 Å². The maximum absolute atomic E-state index is 5.33. The predicted molar refractivity (Wildman–Crippen MR) is 329 cm³/mol. The Morgan fingerprint density at radius 1 is 0.256 bits per heavy atom. The highest BCUT2D eigenvalue weighted by atomic mass is 15.0.